The van der Waals surface area contributed by atoms with Gasteiger partial charge in [-0.25, -0.2) is 0 Å². The first-order chi connectivity index (χ1) is 9.54. The van der Waals surface area contributed by atoms with Crippen molar-refractivity contribution in [2.45, 2.75) is 24.7 Å². The molecule has 1 aromatic carbocycles. The van der Waals surface area contributed by atoms with Crippen LogP contribution in [0, 0.1) is 0 Å². The van der Waals surface area contributed by atoms with Crippen LogP contribution in [0.2, 0.25) is 0 Å². The maximum atomic E-state index is 12.5. The van der Waals surface area contributed by atoms with Crippen molar-refractivity contribution in [3.63, 3.8) is 0 Å². The Labute approximate surface area is 127 Å². The van der Waals surface area contributed by atoms with Crippen LogP contribution in [0.3, 0.4) is 0 Å². The molecule has 0 radical (unpaired) electrons. The quantitative estimate of drug-likeness (QED) is 0.868. The Balaban J connectivity index is 2.23. The van der Waals surface area contributed by atoms with E-state index in [2.05, 4.69) is 26.2 Å². The molecule has 0 spiro atoms. The van der Waals surface area contributed by atoms with Gasteiger partial charge in [0.05, 0.1) is 11.2 Å². The average molecular weight is 333 g/mol. The third-order valence-electron chi connectivity index (χ3n) is 3.14. The van der Waals surface area contributed by atoms with E-state index in [0.717, 1.165) is 11.3 Å². The number of amides is 1. The number of alkyl halides is 1. The molecule has 0 aliphatic rings. The maximum Gasteiger partial charge on any atom is 0.252 e. The van der Waals surface area contributed by atoms with Crippen molar-refractivity contribution in [3.8, 4) is 0 Å². The molecule has 20 heavy (non-hydrogen) atoms. The minimum Gasteiger partial charge on any atom is -0.342 e. The molecular formula is C16H17BrN2O. The highest BCUT2D eigenvalue weighted by Gasteiger charge is 2.25. The number of halogens is 1. The van der Waals surface area contributed by atoms with E-state index >= 15 is 0 Å². The van der Waals surface area contributed by atoms with Gasteiger partial charge in [-0.15, -0.1) is 0 Å². The zero-order valence-electron chi connectivity index (χ0n) is 11.6. The van der Waals surface area contributed by atoms with E-state index in [1.54, 1.807) is 6.20 Å². The smallest absolute Gasteiger partial charge is 0.252 e. The maximum absolute atomic E-state index is 12.5. The van der Waals surface area contributed by atoms with Gasteiger partial charge in [-0.3, -0.25) is 9.78 Å². The first-order valence-electron chi connectivity index (χ1n) is 6.42. The van der Waals surface area contributed by atoms with Crippen LogP contribution in [0.4, 0.5) is 0 Å². The lowest BCUT2D eigenvalue weighted by molar-refractivity contribution is 0.0909. The summed E-state index contributed by atoms with van der Waals surface area (Å²) in [4.78, 5) is 16.8. The van der Waals surface area contributed by atoms with E-state index in [9.17, 15) is 4.79 Å². The minimum atomic E-state index is -0.516. The fraction of sp³-hybridized carbons (Fsp3) is 0.250. The highest BCUT2D eigenvalue weighted by Crippen LogP contribution is 2.19. The molecule has 104 valence electrons. The zero-order valence-corrected chi connectivity index (χ0v) is 13.1. The largest absolute Gasteiger partial charge is 0.342 e. The number of benzene rings is 1. The molecule has 0 fully saturated rings. The summed E-state index contributed by atoms with van der Waals surface area (Å²) in [5, 5.41) is 3.69. The van der Waals surface area contributed by atoms with E-state index in [-0.39, 0.29) is 5.91 Å². The monoisotopic (exact) mass is 332 g/mol. The Morgan fingerprint density at radius 1 is 1.20 bits per heavy atom. The molecule has 3 nitrogen and oxygen atoms in total. The van der Waals surface area contributed by atoms with Crippen molar-refractivity contribution in [1.82, 2.24) is 10.3 Å². The number of pyridine rings is 1. The van der Waals surface area contributed by atoms with Crippen LogP contribution < -0.4 is 5.32 Å². The van der Waals surface area contributed by atoms with Gasteiger partial charge in [-0.2, -0.15) is 0 Å². The van der Waals surface area contributed by atoms with Crippen molar-refractivity contribution < 1.29 is 4.79 Å². The van der Waals surface area contributed by atoms with Crippen molar-refractivity contribution in [3.05, 3.63) is 65.5 Å². The highest BCUT2D eigenvalue weighted by atomic mass is 79.9. The second kappa shape index (κ2) is 6.18. The Bertz CT molecular complexity index is 596. The summed E-state index contributed by atoms with van der Waals surface area (Å²) in [5.74, 6) is -0.0873. The standard InChI is InChI=1S/C16H17BrN2O/c1-16(2,14-9-5-6-10-18-14)19-15(20)13-8-4-3-7-12(13)11-17/h3-10H,11H2,1-2H3,(H,19,20). The minimum absolute atomic E-state index is 0.0873. The summed E-state index contributed by atoms with van der Waals surface area (Å²) in [6.07, 6.45) is 1.73. The number of hydrogen-bond donors (Lipinski definition) is 1. The van der Waals surface area contributed by atoms with Crippen LogP contribution in [0.5, 0.6) is 0 Å². The van der Waals surface area contributed by atoms with E-state index in [4.69, 9.17) is 0 Å². The Morgan fingerprint density at radius 2 is 1.90 bits per heavy atom. The van der Waals surface area contributed by atoms with E-state index in [0.29, 0.717) is 10.9 Å². The number of carbonyl (C=O) groups is 1. The topological polar surface area (TPSA) is 42.0 Å². The average Bonchev–Trinajstić information content (AvgIpc) is 2.47. The van der Waals surface area contributed by atoms with Crippen LogP contribution in [0.15, 0.2) is 48.7 Å². The molecular weight excluding hydrogens is 316 g/mol. The van der Waals surface area contributed by atoms with E-state index < -0.39 is 5.54 Å². The summed E-state index contributed by atoms with van der Waals surface area (Å²) < 4.78 is 0. The van der Waals surface area contributed by atoms with Gasteiger partial charge in [-0.05, 0) is 37.6 Å². The predicted molar refractivity (Wildman–Crippen MR) is 83.8 cm³/mol. The molecule has 0 saturated carbocycles. The van der Waals surface area contributed by atoms with Gasteiger partial charge >= 0.3 is 0 Å². The van der Waals surface area contributed by atoms with Crippen molar-refractivity contribution in [2.75, 3.05) is 0 Å². The summed E-state index contributed by atoms with van der Waals surface area (Å²) in [6.45, 7) is 3.90. The summed E-state index contributed by atoms with van der Waals surface area (Å²) in [5.41, 5.74) is 1.98. The molecule has 1 heterocycles. The normalized spacial score (nSPS) is 11.2. The molecule has 0 aliphatic heterocycles. The Hall–Kier alpha value is -1.68. The molecule has 0 unspecified atom stereocenters. The molecule has 4 heteroatoms. The molecule has 0 bridgehead atoms. The van der Waals surface area contributed by atoms with E-state index in [1.807, 2.05) is 56.3 Å². The van der Waals surface area contributed by atoms with Crippen LogP contribution >= 0.6 is 15.9 Å². The molecule has 1 aromatic heterocycles. The number of nitrogens with one attached hydrogen (secondary N) is 1. The van der Waals surface area contributed by atoms with Gasteiger partial charge in [0.1, 0.15) is 0 Å². The second-order valence-electron chi connectivity index (χ2n) is 5.08. The fourth-order valence-corrected chi connectivity index (χ4v) is 2.49. The van der Waals surface area contributed by atoms with Gasteiger partial charge < -0.3 is 5.32 Å². The van der Waals surface area contributed by atoms with Gasteiger partial charge in [0.2, 0.25) is 0 Å². The number of nitrogens with zero attached hydrogens (tertiary/aromatic N) is 1. The first kappa shape index (κ1) is 14.7. The third kappa shape index (κ3) is 3.25. The summed E-state index contributed by atoms with van der Waals surface area (Å²) in [7, 11) is 0. The van der Waals surface area contributed by atoms with Gasteiger partial charge in [0.25, 0.3) is 5.91 Å². The fourth-order valence-electron chi connectivity index (χ4n) is 2.01. The second-order valence-corrected chi connectivity index (χ2v) is 5.65. The van der Waals surface area contributed by atoms with Crippen molar-refractivity contribution in [2.24, 2.45) is 0 Å². The van der Waals surface area contributed by atoms with Crippen LogP contribution in [-0.2, 0) is 10.9 Å². The lowest BCUT2D eigenvalue weighted by atomic mass is 9.98. The lowest BCUT2D eigenvalue weighted by Crippen LogP contribution is -2.41. The van der Waals surface area contributed by atoms with Crippen molar-refractivity contribution >= 4 is 21.8 Å². The van der Waals surface area contributed by atoms with Crippen molar-refractivity contribution in [1.29, 1.82) is 0 Å². The first-order valence-corrected chi connectivity index (χ1v) is 7.54. The van der Waals surface area contributed by atoms with Gasteiger partial charge in [0.15, 0.2) is 0 Å². The summed E-state index contributed by atoms with van der Waals surface area (Å²) >= 11 is 3.41. The van der Waals surface area contributed by atoms with Gasteiger partial charge in [0, 0.05) is 17.1 Å². The molecule has 0 aliphatic carbocycles. The molecule has 1 N–H and O–H groups in total. The SMILES string of the molecule is CC(C)(NC(=O)c1ccccc1CBr)c1ccccn1. The van der Waals surface area contributed by atoms with Gasteiger partial charge in [-0.1, -0.05) is 40.2 Å². The zero-order chi connectivity index (χ0) is 14.6. The molecule has 0 saturated heterocycles. The molecule has 0 atom stereocenters. The van der Waals surface area contributed by atoms with E-state index in [1.165, 1.54) is 0 Å². The molecule has 1 amide bonds. The number of carbonyl (C=O) groups excluding carboxylic acids is 1. The van der Waals surface area contributed by atoms with Crippen LogP contribution in [0.1, 0.15) is 35.5 Å². The highest BCUT2D eigenvalue weighted by molar-refractivity contribution is 9.08. The third-order valence-corrected chi connectivity index (χ3v) is 3.74. The molecule has 2 rings (SSSR count). The van der Waals surface area contributed by atoms with Crippen LogP contribution in [-0.4, -0.2) is 10.9 Å². The number of rotatable bonds is 4. The number of aromatic nitrogens is 1. The Morgan fingerprint density at radius 3 is 2.55 bits per heavy atom. The molecule has 2 aromatic rings. The summed E-state index contributed by atoms with van der Waals surface area (Å²) in [6, 6.07) is 13.3. The lowest BCUT2D eigenvalue weighted by Gasteiger charge is -2.26. The van der Waals surface area contributed by atoms with Crippen LogP contribution in [0.25, 0.3) is 0 Å². The number of hydrogen-bond acceptors (Lipinski definition) is 2. The Kier molecular flexibility index (Phi) is 4.55. The predicted octanol–water partition coefficient (Wildman–Crippen LogP) is 3.64.